The molecule has 0 N–H and O–H groups in total. The Bertz CT molecular complexity index is 665. The van der Waals surface area contributed by atoms with Crippen LogP contribution in [0.4, 0.5) is 0 Å². The van der Waals surface area contributed by atoms with E-state index in [-0.39, 0.29) is 0 Å². The molecule has 88 valence electrons. The number of hydrogen-bond acceptors (Lipinski definition) is 4. The largest absolute Gasteiger partial charge is 0.262 e. The molecule has 0 aliphatic heterocycles. The van der Waals surface area contributed by atoms with E-state index in [9.17, 15) is 0 Å². The summed E-state index contributed by atoms with van der Waals surface area (Å²) in [4.78, 5) is 8.38. The van der Waals surface area contributed by atoms with Gasteiger partial charge in [-0.15, -0.1) is 5.10 Å². The highest BCUT2D eigenvalue weighted by Gasteiger charge is 2.06. The lowest BCUT2D eigenvalue weighted by molar-refractivity contribution is 0.800. The van der Waals surface area contributed by atoms with Crippen molar-refractivity contribution in [2.45, 2.75) is 0 Å². The molecule has 0 radical (unpaired) electrons. The standard InChI is InChI=1S/C12H8BrN5/c13-12-5-1-4-10(15-12)11-8-18(17-16-11)9-3-2-6-14-7-9/h1-8H. The molecule has 0 atom stereocenters. The van der Waals surface area contributed by atoms with Crippen LogP contribution in [0.1, 0.15) is 0 Å². The fourth-order valence-electron chi connectivity index (χ4n) is 1.55. The maximum absolute atomic E-state index is 4.34. The Balaban J connectivity index is 2.00. The zero-order valence-corrected chi connectivity index (χ0v) is 10.8. The summed E-state index contributed by atoms with van der Waals surface area (Å²) in [6.07, 6.45) is 5.27. The summed E-state index contributed by atoms with van der Waals surface area (Å²) >= 11 is 3.34. The first kappa shape index (κ1) is 11.0. The number of rotatable bonds is 2. The van der Waals surface area contributed by atoms with Crippen LogP contribution in [0.15, 0.2) is 53.5 Å². The monoisotopic (exact) mass is 301 g/mol. The predicted octanol–water partition coefficient (Wildman–Crippen LogP) is 2.49. The molecule has 0 aliphatic rings. The summed E-state index contributed by atoms with van der Waals surface area (Å²) in [5.41, 5.74) is 2.37. The van der Waals surface area contributed by atoms with Crippen LogP contribution in [0, 0.1) is 0 Å². The first-order chi connectivity index (χ1) is 8.83. The molecule has 6 heteroatoms. The van der Waals surface area contributed by atoms with Crippen molar-refractivity contribution in [3.63, 3.8) is 0 Å². The van der Waals surface area contributed by atoms with Crippen LogP contribution in [-0.2, 0) is 0 Å². The van der Waals surface area contributed by atoms with Gasteiger partial charge in [-0.25, -0.2) is 9.67 Å². The molecule has 0 aliphatic carbocycles. The third kappa shape index (κ3) is 2.14. The van der Waals surface area contributed by atoms with Crippen molar-refractivity contribution in [2.75, 3.05) is 0 Å². The van der Waals surface area contributed by atoms with Crippen molar-refractivity contribution >= 4 is 15.9 Å². The van der Waals surface area contributed by atoms with Crippen LogP contribution in [0.5, 0.6) is 0 Å². The topological polar surface area (TPSA) is 56.5 Å². The fraction of sp³-hybridized carbons (Fsp3) is 0. The zero-order chi connectivity index (χ0) is 12.4. The Labute approximate surface area is 112 Å². The Morgan fingerprint density at radius 1 is 1.06 bits per heavy atom. The van der Waals surface area contributed by atoms with Crippen molar-refractivity contribution < 1.29 is 0 Å². The first-order valence-corrected chi connectivity index (χ1v) is 6.08. The molecule has 0 unspecified atom stereocenters. The first-order valence-electron chi connectivity index (χ1n) is 5.28. The van der Waals surface area contributed by atoms with Gasteiger partial charge >= 0.3 is 0 Å². The summed E-state index contributed by atoms with van der Waals surface area (Å²) in [5.74, 6) is 0. The molecule has 0 spiro atoms. The van der Waals surface area contributed by atoms with Crippen LogP contribution >= 0.6 is 15.9 Å². The Kier molecular flexibility index (Phi) is 2.85. The number of halogens is 1. The lowest BCUT2D eigenvalue weighted by atomic mass is 10.3. The highest BCUT2D eigenvalue weighted by atomic mass is 79.9. The van der Waals surface area contributed by atoms with E-state index >= 15 is 0 Å². The van der Waals surface area contributed by atoms with Gasteiger partial charge in [0.25, 0.3) is 0 Å². The summed E-state index contributed by atoms with van der Waals surface area (Å²) < 4.78 is 2.45. The summed E-state index contributed by atoms with van der Waals surface area (Å²) in [5, 5.41) is 8.17. The molecule has 0 saturated heterocycles. The van der Waals surface area contributed by atoms with E-state index in [2.05, 4.69) is 36.2 Å². The van der Waals surface area contributed by atoms with Gasteiger partial charge in [-0.3, -0.25) is 4.98 Å². The maximum Gasteiger partial charge on any atom is 0.131 e. The highest BCUT2D eigenvalue weighted by Crippen LogP contribution is 2.17. The van der Waals surface area contributed by atoms with Gasteiger partial charge in [-0.05, 0) is 40.2 Å². The van der Waals surface area contributed by atoms with Crippen molar-refractivity contribution in [1.29, 1.82) is 0 Å². The number of aromatic nitrogens is 5. The second kappa shape index (κ2) is 4.66. The molecule has 3 aromatic heterocycles. The molecule has 3 aromatic rings. The van der Waals surface area contributed by atoms with Crippen LogP contribution in [0.2, 0.25) is 0 Å². The van der Waals surface area contributed by atoms with Gasteiger partial charge in [0.05, 0.1) is 23.8 Å². The van der Waals surface area contributed by atoms with E-state index in [0.717, 1.165) is 21.7 Å². The van der Waals surface area contributed by atoms with E-state index in [4.69, 9.17) is 0 Å². The molecule has 0 amide bonds. The number of pyridine rings is 2. The highest BCUT2D eigenvalue weighted by molar-refractivity contribution is 9.10. The summed E-state index contributed by atoms with van der Waals surface area (Å²) in [7, 11) is 0. The van der Waals surface area contributed by atoms with Gasteiger partial charge in [0, 0.05) is 6.20 Å². The molecular formula is C12H8BrN5. The van der Waals surface area contributed by atoms with Crippen LogP contribution in [-0.4, -0.2) is 25.0 Å². The van der Waals surface area contributed by atoms with E-state index in [1.165, 1.54) is 0 Å². The molecule has 3 heterocycles. The second-order valence-electron chi connectivity index (χ2n) is 3.61. The smallest absolute Gasteiger partial charge is 0.131 e. The summed E-state index contributed by atoms with van der Waals surface area (Å²) in [6.45, 7) is 0. The number of nitrogens with zero attached hydrogens (tertiary/aromatic N) is 5. The minimum absolute atomic E-state index is 0.722. The van der Waals surface area contributed by atoms with E-state index < -0.39 is 0 Å². The molecule has 0 aromatic carbocycles. The molecule has 0 saturated carbocycles. The molecule has 0 fully saturated rings. The van der Waals surface area contributed by atoms with Gasteiger partial charge < -0.3 is 0 Å². The third-order valence-electron chi connectivity index (χ3n) is 2.38. The molecular weight excluding hydrogens is 294 g/mol. The van der Waals surface area contributed by atoms with Crippen molar-refractivity contribution in [3.8, 4) is 17.1 Å². The molecule has 3 rings (SSSR count). The van der Waals surface area contributed by atoms with Gasteiger partial charge in [0.1, 0.15) is 10.3 Å². The van der Waals surface area contributed by atoms with Gasteiger partial charge in [-0.2, -0.15) is 0 Å². The van der Waals surface area contributed by atoms with E-state index in [0.29, 0.717) is 0 Å². The van der Waals surface area contributed by atoms with Crippen LogP contribution < -0.4 is 0 Å². The van der Waals surface area contributed by atoms with Crippen molar-refractivity contribution in [2.24, 2.45) is 0 Å². The molecule has 0 bridgehead atoms. The van der Waals surface area contributed by atoms with Gasteiger partial charge in [-0.1, -0.05) is 11.3 Å². The van der Waals surface area contributed by atoms with E-state index in [1.54, 1.807) is 17.1 Å². The average Bonchev–Trinajstić information content (AvgIpc) is 2.89. The van der Waals surface area contributed by atoms with Crippen LogP contribution in [0.25, 0.3) is 17.1 Å². The minimum atomic E-state index is 0.722. The normalized spacial score (nSPS) is 10.5. The zero-order valence-electron chi connectivity index (χ0n) is 9.23. The Morgan fingerprint density at radius 2 is 2.00 bits per heavy atom. The number of hydrogen-bond donors (Lipinski definition) is 0. The van der Waals surface area contributed by atoms with Gasteiger partial charge in [0.15, 0.2) is 0 Å². The van der Waals surface area contributed by atoms with Crippen molar-refractivity contribution in [3.05, 3.63) is 53.5 Å². The maximum atomic E-state index is 4.34. The second-order valence-corrected chi connectivity index (χ2v) is 4.42. The Morgan fingerprint density at radius 3 is 2.78 bits per heavy atom. The fourth-order valence-corrected chi connectivity index (χ4v) is 1.89. The Hall–Kier alpha value is -2.08. The SMILES string of the molecule is Brc1cccc(-c2cn(-c3cccnc3)nn2)n1. The third-order valence-corrected chi connectivity index (χ3v) is 2.82. The van der Waals surface area contributed by atoms with Crippen molar-refractivity contribution in [1.82, 2.24) is 25.0 Å². The van der Waals surface area contributed by atoms with Crippen LogP contribution in [0.3, 0.4) is 0 Å². The average molecular weight is 302 g/mol. The van der Waals surface area contributed by atoms with Gasteiger partial charge in [0.2, 0.25) is 0 Å². The lowest BCUT2D eigenvalue weighted by Gasteiger charge is -1.97. The lowest BCUT2D eigenvalue weighted by Crippen LogP contribution is -1.94. The van der Waals surface area contributed by atoms with E-state index in [1.807, 2.05) is 36.5 Å². The molecule has 5 nitrogen and oxygen atoms in total. The molecule has 18 heavy (non-hydrogen) atoms. The minimum Gasteiger partial charge on any atom is -0.262 e. The predicted molar refractivity (Wildman–Crippen MR) is 70.1 cm³/mol. The quantitative estimate of drug-likeness (QED) is 0.682. The summed E-state index contributed by atoms with van der Waals surface area (Å²) in [6, 6.07) is 9.45.